The first-order valence-electron chi connectivity index (χ1n) is 6.16. The predicted molar refractivity (Wildman–Crippen MR) is 68.8 cm³/mol. The van der Waals surface area contributed by atoms with Crippen LogP contribution in [0, 0.1) is 13.8 Å². The monoisotopic (exact) mass is 268 g/mol. The Balaban J connectivity index is 2.57. The summed E-state index contributed by atoms with van der Waals surface area (Å²) in [5.74, 6) is -0.395. The van der Waals surface area contributed by atoms with Crippen molar-refractivity contribution in [3.63, 3.8) is 0 Å². The predicted octanol–water partition coefficient (Wildman–Crippen LogP) is 1.59. The van der Waals surface area contributed by atoms with Gasteiger partial charge in [0.25, 0.3) is 0 Å². The van der Waals surface area contributed by atoms with Crippen LogP contribution in [-0.4, -0.2) is 27.7 Å². The topological polar surface area (TPSA) is 92.4 Å². The molecule has 0 unspecified atom stereocenters. The van der Waals surface area contributed by atoms with E-state index in [-0.39, 0.29) is 18.7 Å². The number of carbonyl (C=O) groups is 2. The van der Waals surface area contributed by atoms with Gasteiger partial charge in [-0.15, -0.1) is 0 Å². The first kappa shape index (κ1) is 15.2. The highest BCUT2D eigenvalue weighted by Gasteiger charge is 2.23. The van der Waals surface area contributed by atoms with Gasteiger partial charge < -0.3 is 14.9 Å². The van der Waals surface area contributed by atoms with Gasteiger partial charge in [0.2, 0.25) is 5.91 Å². The number of nitrogens with zero attached hydrogens (tertiary/aromatic N) is 1. The zero-order valence-electron chi connectivity index (χ0n) is 11.7. The number of carboxylic acids is 1. The van der Waals surface area contributed by atoms with Crippen molar-refractivity contribution in [1.82, 2.24) is 10.5 Å². The zero-order valence-corrected chi connectivity index (χ0v) is 11.7. The molecule has 0 bridgehead atoms. The van der Waals surface area contributed by atoms with Crippen LogP contribution in [0.25, 0.3) is 0 Å². The minimum absolute atomic E-state index is 0.0264. The molecular weight excluding hydrogens is 248 g/mol. The third-order valence-electron chi connectivity index (χ3n) is 2.96. The molecular formula is C13H20N2O4. The Bertz CT molecular complexity index is 457. The van der Waals surface area contributed by atoms with Gasteiger partial charge in [0, 0.05) is 17.5 Å². The summed E-state index contributed by atoms with van der Waals surface area (Å²) in [6, 6.07) is 0. The molecule has 0 spiro atoms. The Morgan fingerprint density at radius 2 is 2.00 bits per heavy atom. The van der Waals surface area contributed by atoms with Crippen LogP contribution in [0.3, 0.4) is 0 Å². The van der Waals surface area contributed by atoms with E-state index in [1.165, 1.54) is 0 Å². The van der Waals surface area contributed by atoms with Gasteiger partial charge in [-0.05, 0) is 34.1 Å². The summed E-state index contributed by atoms with van der Waals surface area (Å²) in [4.78, 5) is 22.5. The van der Waals surface area contributed by atoms with Crippen molar-refractivity contribution in [2.24, 2.45) is 0 Å². The number of rotatable bonds is 6. The lowest BCUT2D eigenvalue weighted by molar-refractivity contribution is -0.137. The number of hydrogen-bond donors (Lipinski definition) is 2. The van der Waals surface area contributed by atoms with Crippen LogP contribution in [0.15, 0.2) is 4.52 Å². The van der Waals surface area contributed by atoms with Gasteiger partial charge in [0.15, 0.2) is 0 Å². The average Bonchev–Trinajstić information content (AvgIpc) is 2.57. The van der Waals surface area contributed by atoms with Gasteiger partial charge in [-0.1, -0.05) is 5.16 Å². The summed E-state index contributed by atoms with van der Waals surface area (Å²) in [6.07, 6.45) is 0.603. The third-order valence-corrected chi connectivity index (χ3v) is 2.96. The molecule has 1 heterocycles. The summed E-state index contributed by atoms with van der Waals surface area (Å²) < 4.78 is 5.00. The van der Waals surface area contributed by atoms with Crippen LogP contribution in [0.2, 0.25) is 0 Å². The van der Waals surface area contributed by atoms with E-state index >= 15 is 0 Å². The van der Waals surface area contributed by atoms with E-state index in [0.29, 0.717) is 17.9 Å². The Morgan fingerprint density at radius 3 is 2.47 bits per heavy atom. The highest BCUT2D eigenvalue weighted by atomic mass is 16.5. The Kier molecular flexibility index (Phi) is 4.69. The highest BCUT2D eigenvalue weighted by molar-refractivity contribution is 5.79. The minimum Gasteiger partial charge on any atom is -0.481 e. The fourth-order valence-corrected chi connectivity index (χ4v) is 1.82. The molecule has 0 saturated heterocycles. The van der Waals surface area contributed by atoms with Crippen molar-refractivity contribution in [3.05, 3.63) is 17.0 Å². The van der Waals surface area contributed by atoms with Gasteiger partial charge in [-0.3, -0.25) is 9.59 Å². The number of amides is 1. The molecule has 0 aromatic carbocycles. The zero-order chi connectivity index (χ0) is 14.6. The van der Waals surface area contributed by atoms with Crippen LogP contribution >= 0.6 is 0 Å². The Morgan fingerprint density at radius 1 is 1.37 bits per heavy atom. The van der Waals surface area contributed by atoms with E-state index in [4.69, 9.17) is 9.63 Å². The minimum atomic E-state index is -0.868. The second-order valence-corrected chi connectivity index (χ2v) is 5.31. The summed E-state index contributed by atoms with van der Waals surface area (Å²) in [7, 11) is 0. The Hall–Kier alpha value is -1.85. The molecule has 0 aliphatic carbocycles. The molecule has 0 radical (unpaired) electrons. The number of carbonyl (C=O) groups excluding carboxylic acids is 1. The summed E-state index contributed by atoms with van der Waals surface area (Å²) >= 11 is 0. The maximum absolute atomic E-state index is 11.9. The molecule has 0 aliphatic rings. The van der Waals surface area contributed by atoms with E-state index in [1.807, 2.05) is 0 Å². The first-order chi connectivity index (χ1) is 8.71. The van der Waals surface area contributed by atoms with Crippen LogP contribution < -0.4 is 5.32 Å². The molecule has 6 nitrogen and oxygen atoms in total. The van der Waals surface area contributed by atoms with Crippen LogP contribution in [0.4, 0.5) is 0 Å². The van der Waals surface area contributed by atoms with Crippen LogP contribution in [0.5, 0.6) is 0 Å². The van der Waals surface area contributed by atoms with Crippen molar-refractivity contribution < 1.29 is 19.2 Å². The highest BCUT2D eigenvalue weighted by Crippen LogP contribution is 2.15. The second-order valence-electron chi connectivity index (χ2n) is 5.31. The number of hydrogen-bond acceptors (Lipinski definition) is 4. The lowest BCUT2D eigenvalue weighted by Gasteiger charge is -2.25. The molecule has 1 aromatic rings. The molecule has 0 fully saturated rings. The van der Waals surface area contributed by atoms with Crippen molar-refractivity contribution >= 4 is 11.9 Å². The van der Waals surface area contributed by atoms with Crippen molar-refractivity contribution in [1.29, 1.82) is 0 Å². The van der Waals surface area contributed by atoms with Crippen LogP contribution in [-0.2, 0) is 16.0 Å². The van der Waals surface area contributed by atoms with E-state index < -0.39 is 11.5 Å². The van der Waals surface area contributed by atoms with E-state index in [1.54, 1.807) is 27.7 Å². The van der Waals surface area contributed by atoms with Gasteiger partial charge in [-0.25, -0.2) is 0 Å². The smallest absolute Gasteiger partial charge is 0.303 e. The van der Waals surface area contributed by atoms with Crippen molar-refractivity contribution in [2.75, 3.05) is 0 Å². The van der Waals surface area contributed by atoms with Gasteiger partial charge in [-0.2, -0.15) is 0 Å². The average molecular weight is 268 g/mol. The SMILES string of the molecule is Cc1noc(C)c1CC(=O)NC(C)(C)CCC(=O)O. The molecule has 2 N–H and O–H groups in total. The molecule has 1 rings (SSSR count). The number of carboxylic acid groups (broad SMARTS) is 1. The van der Waals surface area contributed by atoms with E-state index in [2.05, 4.69) is 10.5 Å². The molecule has 1 amide bonds. The fourth-order valence-electron chi connectivity index (χ4n) is 1.82. The van der Waals surface area contributed by atoms with Gasteiger partial charge >= 0.3 is 5.97 Å². The molecule has 106 valence electrons. The first-order valence-corrected chi connectivity index (χ1v) is 6.16. The summed E-state index contributed by atoms with van der Waals surface area (Å²) in [6.45, 7) is 7.16. The van der Waals surface area contributed by atoms with E-state index in [0.717, 1.165) is 5.56 Å². The molecule has 6 heteroatoms. The van der Waals surface area contributed by atoms with Crippen molar-refractivity contribution in [2.45, 2.75) is 52.5 Å². The van der Waals surface area contributed by atoms with Crippen LogP contribution in [0.1, 0.15) is 43.7 Å². The molecule has 1 aromatic heterocycles. The van der Waals surface area contributed by atoms with Gasteiger partial charge in [0.1, 0.15) is 5.76 Å². The number of nitrogens with one attached hydrogen (secondary N) is 1. The lowest BCUT2D eigenvalue weighted by Crippen LogP contribution is -2.44. The number of aromatic nitrogens is 1. The fraction of sp³-hybridized carbons (Fsp3) is 0.615. The largest absolute Gasteiger partial charge is 0.481 e. The molecule has 19 heavy (non-hydrogen) atoms. The van der Waals surface area contributed by atoms with E-state index in [9.17, 15) is 9.59 Å². The molecule has 0 saturated carbocycles. The summed E-state index contributed by atoms with van der Waals surface area (Å²) in [5, 5.41) is 15.3. The quantitative estimate of drug-likeness (QED) is 0.817. The normalized spacial score (nSPS) is 11.4. The van der Waals surface area contributed by atoms with Gasteiger partial charge in [0.05, 0.1) is 12.1 Å². The maximum atomic E-state index is 11.9. The number of aliphatic carboxylic acids is 1. The lowest BCUT2D eigenvalue weighted by atomic mass is 9.97. The molecule has 0 aliphatic heterocycles. The summed E-state index contributed by atoms with van der Waals surface area (Å²) in [5.41, 5.74) is 0.941. The van der Waals surface area contributed by atoms with Crippen molar-refractivity contribution in [3.8, 4) is 0 Å². The second kappa shape index (κ2) is 5.86. The Labute approximate surface area is 112 Å². The standard InChI is InChI=1S/C13H20N2O4/c1-8-10(9(2)19-15-8)7-11(16)14-13(3,4)6-5-12(17)18/h5-7H2,1-4H3,(H,14,16)(H,17,18). The third kappa shape index (κ3) is 4.73. The maximum Gasteiger partial charge on any atom is 0.303 e. The number of aryl methyl sites for hydroxylation is 2. The molecule has 0 atom stereocenters.